The molecule has 3 heterocycles. The third-order valence-corrected chi connectivity index (χ3v) is 6.18. The molecule has 1 aromatic heterocycles. The molecule has 188 valence electrons. The Bertz CT molecular complexity index is 1160. The van der Waals surface area contributed by atoms with Crippen molar-refractivity contribution in [1.29, 1.82) is 0 Å². The SMILES string of the molecule is CC(=O)c1ccc(NC(=O)N2CCN(C(=O)c3cncnc3)C(C(=O)NC3CCCNC3=O)C2)cc1. The summed E-state index contributed by atoms with van der Waals surface area (Å²) in [6, 6.07) is 4.29. The van der Waals surface area contributed by atoms with E-state index in [1.807, 2.05) is 0 Å². The molecule has 12 heteroatoms. The fourth-order valence-corrected chi connectivity index (χ4v) is 4.18. The second-order valence-electron chi connectivity index (χ2n) is 8.65. The highest BCUT2D eigenvalue weighted by Crippen LogP contribution is 2.17. The quantitative estimate of drug-likeness (QED) is 0.511. The van der Waals surface area contributed by atoms with Crippen LogP contribution in [0.15, 0.2) is 43.0 Å². The molecular weight excluding hydrogens is 466 g/mol. The number of nitrogens with one attached hydrogen (secondary N) is 3. The third-order valence-electron chi connectivity index (χ3n) is 6.18. The number of carbonyl (C=O) groups is 5. The lowest BCUT2D eigenvalue weighted by Crippen LogP contribution is -2.64. The predicted molar refractivity (Wildman–Crippen MR) is 128 cm³/mol. The van der Waals surface area contributed by atoms with Crippen LogP contribution in [0.2, 0.25) is 0 Å². The summed E-state index contributed by atoms with van der Waals surface area (Å²) in [4.78, 5) is 73.6. The molecule has 12 nitrogen and oxygen atoms in total. The molecule has 4 rings (SSSR count). The summed E-state index contributed by atoms with van der Waals surface area (Å²) in [5.41, 5.74) is 1.23. The van der Waals surface area contributed by atoms with Crippen molar-refractivity contribution in [3.05, 3.63) is 54.1 Å². The van der Waals surface area contributed by atoms with Crippen molar-refractivity contribution in [2.24, 2.45) is 0 Å². The molecule has 0 radical (unpaired) electrons. The summed E-state index contributed by atoms with van der Waals surface area (Å²) in [6.45, 7) is 2.22. The van der Waals surface area contributed by atoms with Crippen LogP contribution in [0, 0.1) is 0 Å². The minimum atomic E-state index is -1.02. The number of aromatic nitrogens is 2. The van der Waals surface area contributed by atoms with E-state index in [2.05, 4.69) is 25.9 Å². The van der Waals surface area contributed by atoms with Gasteiger partial charge >= 0.3 is 6.03 Å². The monoisotopic (exact) mass is 493 g/mol. The summed E-state index contributed by atoms with van der Waals surface area (Å²) in [6.07, 6.45) is 5.24. The first kappa shape index (κ1) is 24.8. The van der Waals surface area contributed by atoms with Gasteiger partial charge in [0.1, 0.15) is 18.4 Å². The number of Topliss-reactive ketones (excluding diaryl/α,β-unsaturated/α-hetero) is 1. The van der Waals surface area contributed by atoms with Gasteiger partial charge < -0.3 is 25.8 Å². The Morgan fingerprint density at radius 3 is 2.42 bits per heavy atom. The number of amides is 5. The zero-order valence-electron chi connectivity index (χ0n) is 19.8. The second-order valence-corrected chi connectivity index (χ2v) is 8.65. The maximum absolute atomic E-state index is 13.3. The zero-order valence-corrected chi connectivity index (χ0v) is 19.8. The van der Waals surface area contributed by atoms with Gasteiger partial charge in [0.05, 0.1) is 12.1 Å². The minimum absolute atomic E-state index is 0.0725. The van der Waals surface area contributed by atoms with Gasteiger partial charge in [0.15, 0.2) is 5.78 Å². The lowest BCUT2D eigenvalue weighted by Gasteiger charge is -2.41. The van der Waals surface area contributed by atoms with Gasteiger partial charge in [-0.3, -0.25) is 19.2 Å². The van der Waals surface area contributed by atoms with E-state index in [0.717, 1.165) is 6.42 Å². The van der Waals surface area contributed by atoms with Crippen LogP contribution in [0.5, 0.6) is 0 Å². The summed E-state index contributed by atoms with van der Waals surface area (Å²) >= 11 is 0. The van der Waals surface area contributed by atoms with Crippen molar-refractivity contribution in [1.82, 2.24) is 30.4 Å². The van der Waals surface area contributed by atoms with Gasteiger partial charge in [-0.25, -0.2) is 14.8 Å². The average Bonchev–Trinajstić information content (AvgIpc) is 2.90. The molecular formula is C24H27N7O5. The highest BCUT2D eigenvalue weighted by molar-refractivity contribution is 5.99. The van der Waals surface area contributed by atoms with E-state index in [9.17, 15) is 24.0 Å². The number of rotatable bonds is 5. The van der Waals surface area contributed by atoms with Crippen molar-refractivity contribution >= 4 is 35.2 Å². The van der Waals surface area contributed by atoms with Crippen LogP contribution in [0.3, 0.4) is 0 Å². The third kappa shape index (κ3) is 5.65. The number of urea groups is 1. The highest BCUT2D eigenvalue weighted by atomic mass is 16.2. The summed E-state index contributed by atoms with van der Waals surface area (Å²) in [5.74, 6) is -1.32. The van der Waals surface area contributed by atoms with Crippen molar-refractivity contribution in [3.63, 3.8) is 0 Å². The van der Waals surface area contributed by atoms with Crippen LogP contribution in [0.1, 0.15) is 40.5 Å². The first-order valence-electron chi connectivity index (χ1n) is 11.6. The molecule has 0 spiro atoms. The number of carbonyl (C=O) groups excluding carboxylic acids is 5. The van der Waals surface area contributed by atoms with Crippen LogP contribution in [-0.2, 0) is 9.59 Å². The molecule has 3 N–H and O–H groups in total. The van der Waals surface area contributed by atoms with E-state index in [1.54, 1.807) is 24.3 Å². The molecule has 1 aromatic carbocycles. The molecule has 2 aromatic rings. The van der Waals surface area contributed by atoms with Gasteiger partial charge in [-0.05, 0) is 44.0 Å². The predicted octanol–water partition coefficient (Wildman–Crippen LogP) is 0.433. The van der Waals surface area contributed by atoms with Crippen LogP contribution in [0.25, 0.3) is 0 Å². The highest BCUT2D eigenvalue weighted by Gasteiger charge is 2.39. The topological polar surface area (TPSA) is 154 Å². The first-order valence-corrected chi connectivity index (χ1v) is 11.6. The van der Waals surface area contributed by atoms with Gasteiger partial charge in [0.25, 0.3) is 5.91 Å². The number of nitrogens with zero attached hydrogens (tertiary/aromatic N) is 4. The maximum Gasteiger partial charge on any atom is 0.321 e. The van der Waals surface area contributed by atoms with Crippen LogP contribution >= 0.6 is 0 Å². The summed E-state index contributed by atoms with van der Waals surface area (Å²) in [7, 11) is 0. The number of piperazine rings is 1. The van der Waals surface area contributed by atoms with Crippen LogP contribution in [-0.4, -0.2) is 87.6 Å². The number of hydrogen-bond donors (Lipinski definition) is 3. The first-order chi connectivity index (χ1) is 17.3. The number of piperidine rings is 1. The van der Waals surface area contributed by atoms with Gasteiger partial charge in [-0.15, -0.1) is 0 Å². The van der Waals surface area contributed by atoms with Gasteiger partial charge in [-0.2, -0.15) is 0 Å². The van der Waals surface area contributed by atoms with Crippen molar-refractivity contribution in [2.75, 3.05) is 31.5 Å². The number of ketones is 1. The Labute approximate surface area is 207 Å². The Hall–Kier alpha value is -4.35. The lowest BCUT2D eigenvalue weighted by molar-refractivity contribution is -0.133. The van der Waals surface area contributed by atoms with Crippen LogP contribution < -0.4 is 16.0 Å². The molecule has 0 aliphatic carbocycles. The van der Waals surface area contributed by atoms with E-state index in [0.29, 0.717) is 24.2 Å². The smallest absolute Gasteiger partial charge is 0.321 e. The lowest BCUT2D eigenvalue weighted by atomic mass is 10.0. The Balaban J connectivity index is 1.50. The van der Waals surface area contributed by atoms with Gasteiger partial charge in [0.2, 0.25) is 11.8 Å². The molecule has 2 aliphatic heterocycles. The van der Waals surface area contributed by atoms with E-state index in [-0.39, 0.29) is 36.9 Å². The van der Waals surface area contributed by atoms with E-state index < -0.39 is 29.9 Å². The number of anilines is 1. The van der Waals surface area contributed by atoms with Crippen LogP contribution in [0.4, 0.5) is 10.5 Å². The summed E-state index contributed by atoms with van der Waals surface area (Å²) < 4.78 is 0. The summed E-state index contributed by atoms with van der Waals surface area (Å²) in [5, 5.41) is 8.21. The van der Waals surface area contributed by atoms with Gasteiger partial charge in [0, 0.05) is 43.3 Å². The Morgan fingerprint density at radius 1 is 1.03 bits per heavy atom. The molecule has 2 fully saturated rings. The maximum atomic E-state index is 13.3. The molecule has 2 unspecified atom stereocenters. The minimum Gasteiger partial charge on any atom is -0.354 e. The molecule has 0 bridgehead atoms. The fraction of sp³-hybridized carbons (Fsp3) is 0.375. The van der Waals surface area contributed by atoms with Crippen molar-refractivity contribution < 1.29 is 24.0 Å². The standard InChI is InChI=1S/C24H27N7O5/c1-15(32)16-4-6-18(7-5-16)28-24(36)30-9-10-31(23(35)17-11-25-14-26-12-17)20(13-30)22(34)29-19-3-2-8-27-21(19)33/h4-7,11-12,14,19-20H,2-3,8-10,13H2,1H3,(H,27,33)(H,28,36)(H,29,34). The molecule has 5 amide bonds. The number of benzene rings is 1. The second kappa shape index (κ2) is 10.9. The molecule has 36 heavy (non-hydrogen) atoms. The van der Waals surface area contributed by atoms with E-state index >= 15 is 0 Å². The Morgan fingerprint density at radius 2 is 1.75 bits per heavy atom. The largest absolute Gasteiger partial charge is 0.354 e. The van der Waals surface area contributed by atoms with E-state index in [4.69, 9.17) is 0 Å². The molecule has 0 saturated carbocycles. The van der Waals surface area contributed by atoms with Crippen molar-refractivity contribution in [3.8, 4) is 0 Å². The molecule has 2 atom stereocenters. The number of hydrogen-bond acceptors (Lipinski definition) is 7. The molecule has 2 aliphatic rings. The zero-order chi connectivity index (χ0) is 25.7. The van der Waals surface area contributed by atoms with E-state index in [1.165, 1.54) is 35.4 Å². The fourth-order valence-electron chi connectivity index (χ4n) is 4.18. The average molecular weight is 494 g/mol. The van der Waals surface area contributed by atoms with Crippen molar-refractivity contribution in [2.45, 2.75) is 31.8 Å². The normalized spacial score (nSPS) is 19.8. The Kier molecular flexibility index (Phi) is 7.52. The molecule has 2 saturated heterocycles. The van der Waals surface area contributed by atoms with Gasteiger partial charge in [-0.1, -0.05) is 0 Å².